The van der Waals surface area contributed by atoms with Crippen LogP contribution in [0.15, 0.2) is 18.2 Å². The van der Waals surface area contributed by atoms with E-state index < -0.39 is 0 Å². The maximum Gasteiger partial charge on any atom is 0.123 e. The van der Waals surface area contributed by atoms with E-state index in [1.54, 1.807) is 0 Å². The predicted molar refractivity (Wildman–Crippen MR) is 90.8 cm³/mol. The van der Waals surface area contributed by atoms with Gasteiger partial charge in [0.15, 0.2) is 0 Å². The SMILES string of the molecule is CCCCCSCc1cc(C(C)NC)ccc1OCC. The molecule has 0 aliphatic heterocycles. The van der Waals surface area contributed by atoms with Crippen molar-refractivity contribution in [1.82, 2.24) is 5.32 Å². The highest BCUT2D eigenvalue weighted by Crippen LogP contribution is 2.27. The van der Waals surface area contributed by atoms with Crippen LogP contribution in [0.4, 0.5) is 0 Å². The number of thioether (sulfide) groups is 1. The number of nitrogens with one attached hydrogen (secondary N) is 1. The molecule has 0 amide bonds. The van der Waals surface area contributed by atoms with E-state index >= 15 is 0 Å². The number of ether oxygens (including phenoxy) is 1. The van der Waals surface area contributed by atoms with E-state index in [1.807, 2.05) is 25.7 Å². The van der Waals surface area contributed by atoms with Crippen molar-refractivity contribution in [2.75, 3.05) is 19.4 Å². The van der Waals surface area contributed by atoms with Gasteiger partial charge < -0.3 is 10.1 Å². The molecule has 114 valence electrons. The van der Waals surface area contributed by atoms with Gasteiger partial charge in [0.1, 0.15) is 5.75 Å². The second kappa shape index (κ2) is 10.1. The molecule has 0 aromatic heterocycles. The molecular weight excluding hydrogens is 266 g/mol. The van der Waals surface area contributed by atoms with Gasteiger partial charge >= 0.3 is 0 Å². The smallest absolute Gasteiger partial charge is 0.123 e. The molecule has 0 fully saturated rings. The third kappa shape index (κ3) is 5.76. The van der Waals surface area contributed by atoms with Gasteiger partial charge in [-0.25, -0.2) is 0 Å². The molecule has 1 unspecified atom stereocenters. The summed E-state index contributed by atoms with van der Waals surface area (Å²) < 4.78 is 5.75. The summed E-state index contributed by atoms with van der Waals surface area (Å²) in [5.41, 5.74) is 2.66. The van der Waals surface area contributed by atoms with Crippen LogP contribution in [0.5, 0.6) is 5.75 Å². The first kappa shape index (κ1) is 17.4. The second-order valence-corrected chi connectivity index (χ2v) is 6.18. The molecule has 0 heterocycles. The molecule has 0 aliphatic rings. The van der Waals surface area contributed by atoms with Crippen LogP contribution < -0.4 is 10.1 Å². The quantitative estimate of drug-likeness (QED) is 0.627. The van der Waals surface area contributed by atoms with Crippen LogP contribution in [0.2, 0.25) is 0 Å². The van der Waals surface area contributed by atoms with Crippen molar-refractivity contribution in [3.8, 4) is 5.75 Å². The Morgan fingerprint density at radius 2 is 2.05 bits per heavy atom. The van der Waals surface area contributed by atoms with Crippen molar-refractivity contribution in [1.29, 1.82) is 0 Å². The van der Waals surface area contributed by atoms with Gasteiger partial charge in [-0.05, 0) is 50.8 Å². The standard InChI is InChI=1S/C17H29NOS/c1-5-7-8-11-20-13-16-12-15(14(3)18-4)9-10-17(16)19-6-2/h9-10,12,14,18H,5-8,11,13H2,1-4H3. The summed E-state index contributed by atoms with van der Waals surface area (Å²) in [7, 11) is 2.00. The zero-order valence-corrected chi connectivity index (χ0v) is 14.2. The van der Waals surface area contributed by atoms with Gasteiger partial charge in [-0.3, -0.25) is 0 Å². The molecule has 1 aromatic carbocycles. The monoisotopic (exact) mass is 295 g/mol. The minimum atomic E-state index is 0.384. The van der Waals surface area contributed by atoms with E-state index in [9.17, 15) is 0 Å². The number of unbranched alkanes of at least 4 members (excludes halogenated alkanes) is 2. The Labute approximate surface area is 128 Å². The summed E-state index contributed by atoms with van der Waals surface area (Å²) in [6.45, 7) is 7.21. The molecule has 2 nitrogen and oxygen atoms in total. The van der Waals surface area contributed by atoms with E-state index in [1.165, 1.54) is 36.1 Å². The Morgan fingerprint density at radius 3 is 2.70 bits per heavy atom. The highest BCUT2D eigenvalue weighted by atomic mass is 32.2. The molecule has 1 N–H and O–H groups in total. The van der Waals surface area contributed by atoms with Crippen molar-refractivity contribution in [3.05, 3.63) is 29.3 Å². The van der Waals surface area contributed by atoms with E-state index in [-0.39, 0.29) is 0 Å². The van der Waals surface area contributed by atoms with Crippen LogP contribution in [-0.2, 0) is 5.75 Å². The van der Waals surface area contributed by atoms with Gasteiger partial charge in [-0.1, -0.05) is 25.8 Å². The summed E-state index contributed by atoms with van der Waals surface area (Å²) in [5.74, 6) is 3.33. The topological polar surface area (TPSA) is 21.3 Å². The van der Waals surface area contributed by atoms with Crippen LogP contribution in [0.3, 0.4) is 0 Å². The lowest BCUT2D eigenvalue weighted by atomic mass is 10.1. The number of rotatable bonds is 10. The molecular formula is C17H29NOS. The first-order valence-corrected chi connectivity index (χ1v) is 8.89. The van der Waals surface area contributed by atoms with Crippen LogP contribution in [0.25, 0.3) is 0 Å². The van der Waals surface area contributed by atoms with Crippen LogP contribution in [-0.4, -0.2) is 19.4 Å². The van der Waals surface area contributed by atoms with Gasteiger partial charge in [0, 0.05) is 17.4 Å². The van der Waals surface area contributed by atoms with E-state index in [2.05, 4.69) is 37.4 Å². The summed E-state index contributed by atoms with van der Waals surface area (Å²) in [5, 5.41) is 3.30. The number of hydrogen-bond donors (Lipinski definition) is 1. The number of hydrogen-bond acceptors (Lipinski definition) is 3. The fraction of sp³-hybridized carbons (Fsp3) is 0.647. The van der Waals surface area contributed by atoms with E-state index in [4.69, 9.17) is 4.74 Å². The van der Waals surface area contributed by atoms with Crippen molar-refractivity contribution in [2.24, 2.45) is 0 Å². The molecule has 0 saturated heterocycles. The van der Waals surface area contributed by atoms with Crippen molar-refractivity contribution < 1.29 is 4.74 Å². The Bertz CT molecular complexity index is 381. The molecule has 0 aliphatic carbocycles. The van der Waals surface area contributed by atoms with Crippen molar-refractivity contribution >= 4 is 11.8 Å². The predicted octanol–water partition coefficient (Wildman–Crippen LogP) is 4.79. The lowest BCUT2D eigenvalue weighted by Crippen LogP contribution is -2.12. The Hall–Kier alpha value is -0.670. The highest BCUT2D eigenvalue weighted by Gasteiger charge is 2.09. The normalized spacial score (nSPS) is 12.4. The fourth-order valence-electron chi connectivity index (χ4n) is 2.08. The lowest BCUT2D eigenvalue weighted by molar-refractivity contribution is 0.337. The molecule has 0 bridgehead atoms. The second-order valence-electron chi connectivity index (χ2n) is 5.07. The molecule has 0 saturated carbocycles. The van der Waals surface area contributed by atoms with Gasteiger partial charge in [0.2, 0.25) is 0 Å². The van der Waals surface area contributed by atoms with Crippen LogP contribution in [0.1, 0.15) is 57.2 Å². The lowest BCUT2D eigenvalue weighted by Gasteiger charge is -2.15. The molecule has 1 atom stereocenters. The summed E-state index contributed by atoms with van der Waals surface area (Å²) >= 11 is 2.01. The Morgan fingerprint density at radius 1 is 1.25 bits per heavy atom. The average molecular weight is 295 g/mol. The van der Waals surface area contributed by atoms with Gasteiger partial charge in [0.05, 0.1) is 6.61 Å². The summed E-state index contributed by atoms with van der Waals surface area (Å²) in [4.78, 5) is 0. The van der Waals surface area contributed by atoms with Crippen molar-refractivity contribution in [3.63, 3.8) is 0 Å². The largest absolute Gasteiger partial charge is 0.494 e. The van der Waals surface area contributed by atoms with Crippen LogP contribution >= 0.6 is 11.8 Å². The average Bonchev–Trinajstić information content (AvgIpc) is 2.48. The Kier molecular flexibility index (Phi) is 8.79. The first-order chi connectivity index (χ1) is 9.72. The van der Waals surface area contributed by atoms with Gasteiger partial charge in [-0.15, -0.1) is 0 Å². The minimum absolute atomic E-state index is 0.384. The molecule has 3 heteroatoms. The maximum atomic E-state index is 5.75. The first-order valence-electron chi connectivity index (χ1n) is 7.73. The zero-order valence-electron chi connectivity index (χ0n) is 13.4. The fourth-order valence-corrected chi connectivity index (χ4v) is 3.08. The molecule has 20 heavy (non-hydrogen) atoms. The van der Waals surface area contributed by atoms with Gasteiger partial charge in [0.25, 0.3) is 0 Å². The zero-order chi connectivity index (χ0) is 14.8. The summed E-state index contributed by atoms with van der Waals surface area (Å²) in [6.07, 6.45) is 3.94. The van der Waals surface area contributed by atoms with E-state index in [0.29, 0.717) is 6.04 Å². The molecule has 0 spiro atoms. The Balaban J connectivity index is 2.67. The third-order valence-electron chi connectivity index (χ3n) is 3.47. The third-order valence-corrected chi connectivity index (χ3v) is 4.56. The minimum Gasteiger partial charge on any atom is -0.494 e. The van der Waals surface area contributed by atoms with Crippen molar-refractivity contribution in [2.45, 2.75) is 51.8 Å². The molecule has 1 rings (SSSR count). The highest BCUT2D eigenvalue weighted by molar-refractivity contribution is 7.98. The summed E-state index contributed by atoms with van der Waals surface area (Å²) in [6, 6.07) is 6.96. The maximum absolute atomic E-state index is 5.75. The molecule has 0 radical (unpaired) electrons. The molecule has 1 aromatic rings. The van der Waals surface area contributed by atoms with Crippen LogP contribution in [0, 0.1) is 0 Å². The van der Waals surface area contributed by atoms with E-state index in [0.717, 1.165) is 18.1 Å². The number of benzene rings is 1. The van der Waals surface area contributed by atoms with Gasteiger partial charge in [-0.2, -0.15) is 11.8 Å².